The van der Waals surface area contributed by atoms with E-state index >= 15 is 0 Å². The minimum absolute atomic E-state index is 0.0254. The Hall–Kier alpha value is -1.55. The molecule has 0 radical (unpaired) electrons. The minimum atomic E-state index is -0.148. The molecular formula is C14H22N2O2. The monoisotopic (exact) mass is 250 g/mol. The summed E-state index contributed by atoms with van der Waals surface area (Å²) in [5.41, 5.74) is 7.63. The molecule has 0 heterocycles. The average molecular weight is 250 g/mol. The number of carbonyl (C=O) groups is 1. The Bertz CT molecular complexity index is 385. The summed E-state index contributed by atoms with van der Waals surface area (Å²) < 4.78 is 5.69. The van der Waals surface area contributed by atoms with Gasteiger partial charge in [-0.05, 0) is 25.0 Å². The molecular weight excluding hydrogens is 228 g/mol. The number of nitrogens with one attached hydrogen (secondary N) is 1. The van der Waals surface area contributed by atoms with Crippen molar-refractivity contribution in [2.45, 2.75) is 20.8 Å². The number of hydrogen-bond donors (Lipinski definition) is 2. The number of hydrogen-bond acceptors (Lipinski definition) is 3. The van der Waals surface area contributed by atoms with E-state index < -0.39 is 0 Å². The molecule has 0 bridgehead atoms. The Kier molecular flexibility index (Phi) is 5.65. The number of aryl methyl sites for hydroxylation is 2. The van der Waals surface area contributed by atoms with Crippen LogP contribution >= 0.6 is 0 Å². The Morgan fingerprint density at radius 1 is 1.39 bits per heavy atom. The Morgan fingerprint density at radius 2 is 2.00 bits per heavy atom. The van der Waals surface area contributed by atoms with Crippen molar-refractivity contribution in [2.75, 3.05) is 19.7 Å². The highest BCUT2D eigenvalue weighted by Crippen LogP contribution is 2.21. The van der Waals surface area contributed by atoms with Gasteiger partial charge < -0.3 is 15.8 Å². The van der Waals surface area contributed by atoms with Crippen LogP contribution in [0, 0.1) is 19.8 Å². The summed E-state index contributed by atoms with van der Waals surface area (Å²) in [5, 5.41) is 2.80. The lowest BCUT2D eigenvalue weighted by Gasteiger charge is -2.13. The molecule has 0 spiro atoms. The van der Waals surface area contributed by atoms with E-state index in [0.29, 0.717) is 19.7 Å². The first-order valence-corrected chi connectivity index (χ1v) is 6.23. The number of carbonyl (C=O) groups excluding carboxylic acids is 1. The number of ether oxygens (including phenoxy) is 1. The molecule has 0 fully saturated rings. The molecule has 0 aliphatic rings. The van der Waals surface area contributed by atoms with Gasteiger partial charge in [0.1, 0.15) is 12.4 Å². The maximum absolute atomic E-state index is 11.5. The number of nitrogens with two attached hydrogens (primary N) is 1. The quantitative estimate of drug-likeness (QED) is 0.750. The third kappa shape index (κ3) is 4.04. The summed E-state index contributed by atoms with van der Waals surface area (Å²) in [5.74, 6) is 0.728. The number of benzene rings is 1. The summed E-state index contributed by atoms with van der Waals surface area (Å²) in [4.78, 5) is 11.5. The molecule has 4 nitrogen and oxygen atoms in total. The van der Waals surface area contributed by atoms with Gasteiger partial charge >= 0.3 is 0 Å². The van der Waals surface area contributed by atoms with Gasteiger partial charge in [-0.3, -0.25) is 4.79 Å². The highest BCUT2D eigenvalue weighted by atomic mass is 16.5. The van der Waals surface area contributed by atoms with Gasteiger partial charge in [0.2, 0.25) is 5.91 Å². The van der Waals surface area contributed by atoms with Crippen LogP contribution in [0.15, 0.2) is 18.2 Å². The summed E-state index contributed by atoms with van der Waals surface area (Å²) in [6, 6.07) is 6.02. The SMILES string of the molecule is Cc1cccc(C)c1OCCNC(=O)C(C)CN. The number of para-hydroxylation sites is 1. The van der Waals surface area contributed by atoms with Gasteiger partial charge in [0, 0.05) is 12.5 Å². The maximum Gasteiger partial charge on any atom is 0.224 e. The third-order valence-electron chi connectivity index (χ3n) is 2.86. The van der Waals surface area contributed by atoms with E-state index in [2.05, 4.69) is 5.32 Å². The highest BCUT2D eigenvalue weighted by molar-refractivity contribution is 5.78. The van der Waals surface area contributed by atoms with Crippen molar-refractivity contribution in [2.24, 2.45) is 11.7 Å². The lowest BCUT2D eigenvalue weighted by Crippen LogP contribution is -2.35. The number of amides is 1. The largest absolute Gasteiger partial charge is 0.491 e. The van der Waals surface area contributed by atoms with E-state index in [4.69, 9.17) is 10.5 Å². The third-order valence-corrected chi connectivity index (χ3v) is 2.86. The van der Waals surface area contributed by atoms with Crippen molar-refractivity contribution in [3.63, 3.8) is 0 Å². The van der Waals surface area contributed by atoms with Crippen LogP contribution in [0.25, 0.3) is 0 Å². The predicted octanol–water partition coefficient (Wildman–Crippen LogP) is 1.39. The van der Waals surface area contributed by atoms with Crippen LogP contribution < -0.4 is 15.8 Å². The molecule has 0 saturated heterocycles. The molecule has 0 saturated carbocycles. The van der Waals surface area contributed by atoms with Crippen LogP contribution in [0.5, 0.6) is 5.75 Å². The smallest absolute Gasteiger partial charge is 0.224 e. The summed E-state index contributed by atoms with van der Waals surface area (Å²) >= 11 is 0. The second kappa shape index (κ2) is 7.01. The van der Waals surface area contributed by atoms with Gasteiger partial charge in [-0.1, -0.05) is 25.1 Å². The van der Waals surface area contributed by atoms with Gasteiger partial charge in [-0.2, -0.15) is 0 Å². The molecule has 0 aliphatic carbocycles. The molecule has 0 aromatic heterocycles. The average Bonchev–Trinajstić information content (AvgIpc) is 2.36. The fourth-order valence-corrected chi connectivity index (χ4v) is 1.64. The molecule has 4 heteroatoms. The van der Waals surface area contributed by atoms with Crippen molar-refractivity contribution in [1.29, 1.82) is 0 Å². The van der Waals surface area contributed by atoms with E-state index in [1.54, 1.807) is 0 Å². The molecule has 1 aromatic rings. The van der Waals surface area contributed by atoms with Crippen LogP contribution in [0.2, 0.25) is 0 Å². The lowest BCUT2D eigenvalue weighted by molar-refractivity contribution is -0.124. The molecule has 18 heavy (non-hydrogen) atoms. The zero-order valence-corrected chi connectivity index (χ0v) is 11.3. The van der Waals surface area contributed by atoms with E-state index in [9.17, 15) is 4.79 Å². The van der Waals surface area contributed by atoms with Gasteiger partial charge in [0.25, 0.3) is 0 Å². The van der Waals surface area contributed by atoms with Crippen molar-refractivity contribution < 1.29 is 9.53 Å². The van der Waals surface area contributed by atoms with Crippen molar-refractivity contribution in [3.05, 3.63) is 29.3 Å². The van der Waals surface area contributed by atoms with E-state index in [1.807, 2.05) is 39.0 Å². The van der Waals surface area contributed by atoms with Gasteiger partial charge in [0.15, 0.2) is 0 Å². The molecule has 0 aliphatic heterocycles. The topological polar surface area (TPSA) is 64.3 Å². The van der Waals surface area contributed by atoms with Crippen LogP contribution in [-0.2, 0) is 4.79 Å². The molecule has 100 valence electrons. The zero-order valence-electron chi connectivity index (χ0n) is 11.3. The second-order valence-electron chi connectivity index (χ2n) is 4.50. The molecule has 1 atom stereocenters. The Balaban J connectivity index is 2.36. The van der Waals surface area contributed by atoms with Crippen LogP contribution in [0.4, 0.5) is 0 Å². The molecule has 1 amide bonds. The first kappa shape index (κ1) is 14.5. The molecule has 1 aromatic carbocycles. The van der Waals surface area contributed by atoms with Crippen LogP contribution in [0.1, 0.15) is 18.1 Å². The molecule has 3 N–H and O–H groups in total. The van der Waals surface area contributed by atoms with Crippen LogP contribution in [-0.4, -0.2) is 25.6 Å². The summed E-state index contributed by atoms with van der Waals surface area (Å²) in [6.07, 6.45) is 0. The first-order valence-electron chi connectivity index (χ1n) is 6.23. The Labute approximate surface area is 109 Å². The van der Waals surface area contributed by atoms with Gasteiger partial charge in [-0.25, -0.2) is 0 Å². The second-order valence-corrected chi connectivity index (χ2v) is 4.50. The standard InChI is InChI=1S/C14H22N2O2/c1-10-5-4-6-11(2)13(10)18-8-7-16-14(17)12(3)9-15/h4-6,12H,7-9,15H2,1-3H3,(H,16,17). The van der Waals surface area contributed by atoms with Crippen LogP contribution in [0.3, 0.4) is 0 Å². The van der Waals surface area contributed by atoms with Gasteiger partial charge in [0.05, 0.1) is 6.54 Å². The summed E-state index contributed by atoms with van der Waals surface area (Å²) in [7, 11) is 0. The predicted molar refractivity (Wildman–Crippen MR) is 72.6 cm³/mol. The van der Waals surface area contributed by atoms with Crippen molar-refractivity contribution in [1.82, 2.24) is 5.32 Å². The molecule has 1 unspecified atom stereocenters. The van der Waals surface area contributed by atoms with E-state index in [0.717, 1.165) is 16.9 Å². The lowest BCUT2D eigenvalue weighted by atomic mass is 10.1. The molecule has 1 rings (SSSR count). The fourth-order valence-electron chi connectivity index (χ4n) is 1.64. The minimum Gasteiger partial charge on any atom is -0.491 e. The van der Waals surface area contributed by atoms with E-state index in [1.165, 1.54) is 0 Å². The number of rotatable bonds is 6. The zero-order chi connectivity index (χ0) is 13.5. The van der Waals surface area contributed by atoms with Crippen molar-refractivity contribution in [3.8, 4) is 5.75 Å². The Morgan fingerprint density at radius 3 is 2.56 bits per heavy atom. The maximum atomic E-state index is 11.5. The first-order chi connectivity index (χ1) is 8.56. The van der Waals surface area contributed by atoms with E-state index in [-0.39, 0.29) is 11.8 Å². The highest BCUT2D eigenvalue weighted by Gasteiger charge is 2.09. The summed E-state index contributed by atoms with van der Waals surface area (Å²) in [6.45, 7) is 7.16. The van der Waals surface area contributed by atoms with Gasteiger partial charge in [-0.15, -0.1) is 0 Å². The fraction of sp³-hybridized carbons (Fsp3) is 0.500. The normalized spacial score (nSPS) is 12.0. The van der Waals surface area contributed by atoms with Crippen molar-refractivity contribution >= 4 is 5.91 Å².